The number of aliphatic imine (C=N–C) groups is 1. The van der Waals surface area contributed by atoms with Crippen molar-refractivity contribution in [2.45, 2.75) is 38.6 Å². The molecule has 1 aromatic heterocycles. The number of rotatable bonds is 6. The molecule has 2 unspecified atom stereocenters. The van der Waals surface area contributed by atoms with Gasteiger partial charge in [0.05, 0.1) is 0 Å². The molecule has 2 heterocycles. The Labute approximate surface area is 139 Å². The summed E-state index contributed by atoms with van der Waals surface area (Å²) < 4.78 is 0. The minimum absolute atomic E-state index is 0.509. The SMILES string of the molecule is CCN1CCCC1CN(C)C(=NC)NCC(C)c1ccsc1. The third-order valence-electron chi connectivity index (χ3n) is 4.64. The minimum Gasteiger partial charge on any atom is -0.356 e. The molecule has 0 bridgehead atoms. The molecule has 4 nitrogen and oxygen atoms in total. The first-order chi connectivity index (χ1) is 10.7. The molecule has 0 amide bonds. The van der Waals surface area contributed by atoms with Gasteiger partial charge in [-0.25, -0.2) is 0 Å². The second-order valence-corrected chi connectivity index (χ2v) is 6.97. The lowest BCUT2D eigenvalue weighted by Crippen LogP contribution is -2.46. The molecule has 0 radical (unpaired) electrons. The standard InChI is InChI=1S/C17H30N4S/c1-5-21-9-6-7-16(21)12-20(4)17(18-3)19-11-14(2)15-8-10-22-13-15/h8,10,13-14,16H,5-7,9,11-12H2,1-4H3,(H,18,19). The molecule has 1 saturated heterocycles. The van der Waals surface area contributed by atoms with E-state index < -0.39 is 0 Å². The van der Waals surface area contributed by atoms with Crippen molar-refractivity contribution in [2.24, 2.45) is 4.99 Å². The van der Waals surface area contributed by atoms with Crippen LogP contribution in [0.2, 0.25) is 0 Å². The fraction of sp³-hybridized carbons (Fsp3) is 0.706. The molecule has 0 aromatic carbocycles. The minimum atomic E-state index is 0.509. The van der Waals surface area contributed by atoms with Crippen LogP contribution in [-0.4, -0.2) is 62.1 Å². The van der Waals surface area contributed by atoms with Crippen LogP contribution in [0.3, 0.4) is 0 Å². The maximum absolute atomic E-state index is 4.45. The molecular weight excluding hydrogens is 292 g/mol. The maximum Gasteiger partial charge on any atom is 0.193 e. The Morgan fingerprint density at radius 3 is 3.05 bits per heavy atom. The van der Waals surface area contributed by atoms with Gasteiger partial charge < -0.3 is 10.2 Å². The van der Waals surface area contributed by atoms with Crippen LogP contribution >= 0.6 is 11.3 Å². The van der Waals surface area contributed by atoms with Crippen molar-refractivity contribution in [2.75, 3.05) is 40.3 Å². The van der Waals surface area contributed by atoms with E-state index >= 15 is 0 Å². The van der Waals surface area contributed by atoms with Crippen molar-refractivity contribution in [3.05, 3.63) is 22.4 Å². The van der Waals surface area contributed by atoms with Crippen molar-refractivity contribution < 1.29 is 0 Å². The van der Waals surface area contributed by atoms with E-state index in [4.69, 9.17) is 0 Å². The Hall–Kier alpha value is -1.07. The van der Waals surface area contributed by atoms with Gasteiger partial charge in [0.2, 0.25) is 0 Å². The van der Waals surface area contributed by atoms with Gasteiger partial charge in [0.25, 0.3) is 0 Å². The molecule has 1 aromatic rings. The van der Waals surface area contributed by atoms with Crippen molar-refractivity contribution in [1.29, 1.82) is 0 Å². The molecular formula is C17H30N4S. The van der Waals surface area contributed by atoms with E-state index in [1.165, 1.54) is 24.9 Å². The molecule has 124 valence electrons. The second kappa shape index (κ2) is 8.53. The summed E-state index contributed by atoms with van der Waals surface area (Å²) in [5.74, 6) is 1.51. The zero-order chi connectivity index (χ0) is 15.9. The molecule has 22 heavy (non-hydrogen) atoms. The van der Waals surface area contributed by atoms with Crippen molar-refractivity contribution in [3.63, 3.8) is 0 Å². The number of guanidine groups is 1. The number of thiophene rings is 1. The van der Waals surface area contributed by atoms with Crippen LogP contribution in [0.25, 0.3) is 0 Å². The van der Waals surface area contributed by atoms with Crippen LogP contribution in [0.5, 0.6) is 0 Å². The summed E-state index contributed by atoms with van der Waals surface area (Å²) in [7, 11) is 4.02. The smallest absolute Gasteiger partial charge is 0.193 e. The molecule has 2 atom stereocenters. The van der Waals surface area contributed by atoms with Crippen LogP contribution < -0.4 is 5.32 Å². The van der Waals surface area contributed by atoms with Gasteiger partial charge in [-0.2, -0.15) is 11.3 Å². The van der Waals surface area contributed by atoms with Crippen molar-refractivity contribution in [1.82, 2.24) is 15.1 Å². The van der Waals surface area contributed by atoms with Crippen LogP contribution in [0.4, 0.5) is 0 Å². The predicted octanol–water partition coefficient (Wildman–Crippen LogP) is 2.84. The largest absolute Gasteiger partial charge is 0.356 e. The number of likely N-dealkylation sites (N-methyl/N-ethyl adjacent to an activating group) is 2. The van der Waals surface area contributed by atoms with Gasteiger partial charge >= 0.3 is 0 Å². The Morgan fingerprint density at radius 1 is 1.59 bits per heavy atom. The summed E-state index contributed by atoms with van der Waals surface area (Å²) in [5, 5.41) is 7.90. The summed E-state index contributed by atoms with van der Waals surface area (Å²) in [6.07, 6.45) is 2.63. The third-order valence-corrected chi connectivity index (χ3v) is 5.34. The van der Waals surface area contributed by atoms with Gasteiger partial charge in [-0.05, 0) is 54.2 Å². The van der Waals surface area contributed by atoms with Crippen LogP contribution in [-0.2, 0) is 0 Å². The van der Waals surface area contributed by atoms with Crippen molar-refractivity contribution in [3.8, 4) is 0 Å². The van der Waals surface area contributed by atoms with E-state index in [0.29, 0.717) is 12.0 Å². The van der Waals surface area contributed by atoms with E-state index in [9.17, 15) is 0 Å². The van der Waals surface area contributed by atoms with Crippen LogP contribution in [0, 0.1) is 0 Å². The highest BCUT2D eigenvalue weighted by molar-refractivity contribution is 7.07. The topological polar surface area (TPSA) is 30.9 Å². The summed E-state index contributed by atoms with van der Waals surface area (Å²) in [5.41, 5.74) is 1.41. The van der Waals surface area contributed by atoms with Gasteiger partial charge in [-0.3, -0.25) is 9.89 Å². The summed E-state index contributed by atoms with van der Waals surface area (Å²) in [6.45, 7) is 8.90. The average Bonchev–Trinajstić information content (AvgIpc) is 3.18. The number of hydrogen-bond acceptors (Lipinski definition) is 3. The lowest BCUT2D eigenvalue weighted by atomic mass is 10.1. The number of nitrogens with zero attached hydrogens (tertiary/aromatic N) is 3. The lowest BCUT2D eigenvalue weighted by Gasteiger charge is -2.30. The van der Waals surface area contributed by atoms with Gasteiger partial charge in [0, 0.05) is 33.2 Å². The Bertz CT molecular complexity index is 457. The van der Waals surface area contributed by atoms with Crippen LogP contribution in [0.1, 0.15) is 38.2 Å². The van der Waals surface area contributed by atoms with E-state index in [2.05, 4.69) is 57.8 Å². The molecule has 1 aliphatic heterocycles. The zero-order valence-electron chi connectivity index (χ0n) is 14.4. The molecule has 0 aliphatic carbocycles. The van der Waals surface area contributed by atoms with Gasteiger partial charge in [0.1, 0.15) is 0 Å². The molecule has 2 rings (SSSR count). The normalized spacial score (nSPS) is 21.1. The van der Waals surface area contributed by atoms with E-state index in [-0.39, 0.29) is 0 Å². The van der Waals surface area contributed by atoms with E-state index in [1.807, 2.05) is 7.05 Å². The highest BCUT2D eigenvalue weighted by Gasteiger charge is 2.25. The van der Waals surface area contributed by atoms with Crippen molar-refractivity contribution >= 4 is 17.3 Å². The van der Waals surface area contributed by atoms with Gasteiger partial charge in [0.15, 0.2) is 5.96 Å². The molecule has 0 saturated carbocycles. The Kier molecular flexibility index (Phi) is 6.70. The second-order valence-electron chi connectivity index (χ2n) is 6.19. The first kappa shape index (κ1) is 17.3. The Morgan fingerprint density at radius 2 is 2.41 bits per heavy atom. The lowest BCUT2D eigenvalue weighted by molar-refractivity contribution is 0.232. The average molecular weight is 323 g/mol. The summed E-state index contributed by atoms with van der Waals surface area (Å²) in [4.78, 5) is 9.31. The van der Waals surface area contributed by atoms with E-state index in [1.54, 1.807) is 11.3 Å². The molecule has 1 fully saturated rings. The molecule has 0 spiro atoms. The number of likely N-dealkylation sites (tertiary alicyclic amines) is 1. The fourth-order valence-corrected chi connectivity index (χ4v) is 4.01. The monoisotopic (exact) mass is 322 g/mol. The number of nitrogens with one attached hydrogen (secondary N) is 1. The quantitative estimate of drug-likeness (QED) is 0.645. The maximum atomic E-state index is 4.45. The first-order valence-corrected chi connectivity index (χ1v) is 9.27. The fourth-order valence-electron chi connectivity index (χ4n) is 3.22. The van der Waals surface area contributed by atoms with Gasteiger partial charge in [-0.15, -0.1) is 0 Å². The summed E-state index contributed by atoms with van der Waals surface area (Å²) in [6, 6.07) is 2.88. The zero-order valence-corrected chi connectivity index (χ0v) is 15.2. The predicted molar refractivity (Wildman–Crippen MR) is 97.0 cm³/mol. The Balaban J connectivity index is 1.83. The van der Waals surface area contributed by atoms with E-state index in [0.717, 1.165) is 25.6 Å². The van der Waals surface area contributed by atoms with Gasteiger partial charge in [-0.1, -0.05) is 13.8 Å². The van der Waals surface area contributed by atoms with Crippen LogP contribution in [0.15, 0.2) is 21.8 Å². The first-order valence-electron chi connectivity index (χ1n) is 8.33. The third kappa shape index (κ3) is 4.46. The molecule has 5 heteroatoms. The highest BCUT2D eigenvalue weighted by Crippen LogP contribution is 2.18. The number of hydrogen-bond donors (Lipinski definition) is 1. The highest BCUT2D eigenvalue weighted by atomic mass is 32.1. The molecule has 1 aliphatic rings. The summed E-state index contributed by atoms with van der Waals surface area (Å²) >= 11 is 1.76. The molecule has 1 N–H and O–H groups in total.